The van der Waals surface area contributed by atoms with Crippen molar-refractivity contribution in [3.8, 4) is 5.75 Å². The van der Waals surface area contributed by atoms with Gasteiger partial charge in [0.1, 0.15) is 5.75 Å². The smallest absolute Gasteiger partial charge is 0.122 e. The molecule has 1 aromatic carbocycles. The SMILES string of the molecule is COc1ccc(C)cc1C(C)CC(CN)CN. The Morgan fingerprint density at radius 3 is 2.41 bits per heavy atom. The van der Waals surface area contributed by atoms with Gasteiger partial charge >= 0.3 is 0 Å². The van der Waals surface area contributed by atoms with E-state index >= 15 is 0 Å². The minimum Gasteiger partial charge on any atom is -0.496 e. The van der Waals surface area contributed by atoms with Gasteiger partial charge in [0.25, 0.3) is 0 Å². The largest absolute Gasteiger partial charge is 0.496 e. The van der Waals surface area contributed by atoms with Crippen LogP contribution in [0.2, 0.25) is 0 Å². The second-order valence-electron chi connectivity index (χ2n) is 4.72. The van der Waals surface area contributed by atoms with Crippen LogP contribution in [0.15, 0.2) is 18.2 Å². The van der Waals surface area contributed by atoms with Gasteiger partial charge in [0.2, 0.25) is 0 Å². The van der Waals surface area contributed by atoms with Crippen LogP contribution in [0.25, 0.3) is 0 Å². The number of hydrogen-bond acceptors (Lipinski definition) is 3. The predicted molar refractivity (Wildman–Crippen MR) is 72.4 cm³/mol. The minimum absolute atomic E-state index is 0.384. The summed E-state index contributed by atoms with van der Waals surface area (Å²) in [4.78, 5) is 0. The average molecular weight is 236 g/mol. The van der Waals surface area contributed by atoms with Gasteiger partial charge in [-0.1, -0.05) is 24.6 Å². The van der Waals surface area contributed by atoms with Gasteiger partial charge in [-0.25, -0.2) is 0 Å². The van der Waals surface area contributed by atoms with E-state index in [1.54, 1.807) is 7.11 Å². The molecule has 17 heavy (non-hydrogen) atoms. The fourth-order valence-electron chi connectivity index (χ4n) is 2.15. The van der Waals surface area contributed by atoms with Crippen molar-refractivity contribution in [3.05, 3.63) is 29.3 Å². The lowest BCUT2D eigenvalue weighted by molar-refractivity contribution is 0.397. The first-order valence-corrected chi connectivity index (χ1v) is 6.17. The van der Waals surface area contributed by atoms with Crippen molar-refractivity contribution in [2.75, 3.05) is 20.2 Å². The summed E-state index contributed by atoms with van der Waals surface area (Å²) in [6.07, 6.45) is 1.01. The number of benzene rings is 1. The number of rotatable bonds is 6. The maximum atomic E-state index is 5.70. The molecule has 0 saturated heterocycles. The van der Waals surface area contributed by atoms with Crippen molar-refractivity contribution in [1.82, 2.24) is 0 Å². The van der Waals surface area contributed by atoms with E-state index in [-0.39, 0.29) is 0 Å². The standard InChI is InChI=1S/C14H24N2O/c1-10-4-5-14(17-3)13(6-10)11(2)7-12(8-15)9-16/h4-6,11-12H,7-9,15-16H2,1-3H3. The van der Waals surface area contributed by atoms with Gasteiger partial charge in [-0.3, -0.25) is 0 Å². The lowest BCUT2D eigenvalue weighted by Crippen LogP contribution is -2.24. The highest BCUT2D eigenvalue weighted by Gasteiger charge is 2.15. The Labute approximate surface area is 104 Å². The van der Waals surface area contributed by atoms with Gasteiger partial charge in [0.05, 0.1) is 7.11 Å². The molecule has 0 aliphatic carbocycles. The van der Waals surface area contributed by atoms with Crippen molar-refractivity contribution in [3.63, 3.8) is 0 Å². The molecule has 0 heterocycles. The molecule has 3 nitrogen and oxygen atoms in total. The molecule has 0 radical (unpaired) electrons. The highest BCUT2D eigenvalue weighted by Crippen LogP contribution is 2.31. The van der Waals surface area contributed by atoms with Gasteiger partial charge in [-0.15, -0.1) is 0 Å². The number of nitrogens with two attached hydrogens (primary N) is 2. The zero-order chi connectivity index (χ0) is 12.8. The topological polar surface area (TPSA) is 61.3 Å². The van der Waals surface area contributed by atoms with E-state index in [1.165, 1.54) is 11.1 Å². The highest BCUT2D eigenvalue weighted by atomic mass is 16.5. The van der Waals surface area contributed by atoms with Crippen LogP contribution in [0.4, 0.5) is 0 Å². The first kappa shape index (κ1) is 14.0. The summed E-state index contributed by atoms with van der Waals surface area (Å²) in [5.74, 6) is 1.76. The third kappa shape index (κ3) is 3.72. The lowest BCUT2D eigenvalue weighted by Gasteiger charge is -2.20. The average Bonchev–Trinajstić information content (AvgIpc) is 2.35. The highest BCUT2D eigenvalue weighted by molar-refractivity contribution is 5.39. The molecular formula is C14H24N2O. The fourth-order valence-corrected chi connectivity index (χ4v) is 2.15. The van der Waals surface area contributed by atoms with Gasteiger partial charge in [-0.2, -0.15) is 0 Å². The van der Waals surface area contributed by atoms with E-state index in [0.29, 0.717) is 24.9 Å². The first-order chi connectivity index (χ1) is 8.12. The quantitative estimate of drug-likeness (QED) is 0.794. The van der Waals surface area contributed by atoms with E-state index in [9.17, 15) is 0 Å². The molecule has 1 aromatic rings. The Balaban J connectivity index is 2.86. The maximum Gasteiger partial charge on any atom is 0.122 e. The van der Waals surface area contributed by atoms with Crippen LogP contribution >= 0.6 is 0 Å². The molecule has 1 atom stereocenters. The van der Waals surface area contributed by atoms with E-state index in [1.807, 2.05) is 6.07 Å². The van der Waals surface area contributed by atoms with Crippen LogP contribution in [0.5, 0.6) is 5.75 Å². The summed E-state index contributed by atoms with van der Waals surface area (Å²) < 4.78 is 5.41. The molecular weight excluding hydrogens is 212 g/mol. The van der Waals surface area contributed by atoms with Crippen molar-refractivity contribution >= 4 is 0 Å². The van der Waals surface area contributed by atoms with E-state index < -0.39 is 0 Å². The lowest BCUT2D eigenvalue weighted by atomic mass is 9.89. The normalized spacial score (nSPS) is 12.8. The number of methoxy groups -OCH3 is 1. The number of ether oxygens (including phenoxy) is 1. The van der Waals surface area contributed by atoms with Crippen molar-refractivity contribution in [2.45, 2.75) is 26.2 Å². The number of hydrogen-bond donors (Lipinski definition) is 2. The molecule has 1 rings (SSSR count). The van der Waals surface area contributed by atoms with E-state index in [4.69, 9.17) is 16.2 Å². The molecule has 0 saturated carbocycles. The van der Waals surface area contributed by atoms with Crippen molar-refractivity contribution < 1.29 is 4.74 Å². The van der Waals surface area contributed by atoms with Gasteiger partial charge in [-0.05, 0) is 49.9 Å². The molecule has 0 aromatic heterocycles. The molecule has 0 bridgehead atoms. The van der Waals surface area contributed by atoms with Crippen LogP contribution < -0.4 is 16.2 Å². The molecule has 3 heteroatoms. The Kier molecular flexibility index (Phi) is 5.45. The van der Waals surface area contributed by atoms with Gasteiger partial charge < -0.3 is 16.2 Å². The summed E-state index contributed by atoms with van der Waals surface area (Å²) >= 11 is 0. The van der Waals surface area contributed by atoms with Crippen molar-refractivity contribution in [1.29, 1.82) is 0 Å². The first-order valence-electron chi connectivity index (χ1n) is 6.17. The Hall–Kier alpha value is -1.06. The molecule has 0 fully saturated rings. The van der Waals surface area contributed by atoms with Crippen LogP contribution in [0, 0.1) is 12.8 Å². The Bertz CT molecular complexity index is 348. The maximum absolute atomic E-state index is 5.70. The molecule has 96 valence electrons. The predicted octanol–water partition coefficient (Wildman–Crippen LogP) is 2.03. The number of aryl methyl sites for hydroxylation is 1. The molecule has 0 spiro atoms. The monoisotopic (exact) mass is 236 g/mol. The summed E-state index contributed by atoms with van der Waals surface area (Å²) in [7, 11) is 1.71. The third-order valence-corrected chi connectivity index (χ3v) is 3.27. The van der Waals surface area contributed by atoms with E-state index in [0.717, 1.165) is 12.2 Å². The van der Waals surface area contributed by atoms with Crippen LogP contribution in [0.1, 0.15) is 30.4 Å². The summed E-state index contributed by atoms with van der Waals surface area (Å²) in [6.45, 7) is 5.60. The molecule has 0 aliphatic rings. The van der Waals surface area contributed by atoms with Gasteiger partial charge in [0.15, 0.2) is 0 Å². The fraction of sp³-hybridized carbons (Fsp3) is 0.571. The summed E-state index contributed by atoms with van der Waals surface area (Å²) in [5, 5.41) is 0. The molecule has 0 aliphatic heterocycles. The van der Waals surface area contributed by atoms with Crippen molar-refractivity contribution in [2.24, 2.45) is 17.4 Å². The van der Waals surface area contributed by atoms with Crippen LogP contribution in [0.3, 0.4) is 0 Å². The third-order valence-electron chi connectivity index (χ3n) is 3.27. The second kappa shape index (κ2) is 6.62. The summed E-state index contributed by atoms with van der Waals surface area (Å²) in [5.41, 5.74) is 13.9. The zero-order valence-corrected chi connectivity index (χ0v) is 11.1. The Morgan fingerprint density at radius 2 is 1.88 bits per heavy atom. The minimum atomic E-state index is 0.384. The van der Waals surface area contributed by atoms with Gasteiger partial charge in [0, 0.05) is 0 Å². The molecule has 1 unspecified atom stereocenters. The zero-order valence-electron chi connectivity index (χ0n) is 11.1. The Morgan fingerprint density at radius 1 is 1.24 bits per heavy atom. The van der Waals surface area contributed by atoms with Crippen LogP contribution in [-0.4, -0.2) is 20.2 Å². The molecule has 4 N–H and O–H groups in total. The molecule has 0 amide bonds. The van der Waals surface area contributed by atoms with Crippen LogP contribution in [-0.2, 0) is 0 Å². The summed E-state index contributed by atoms with van der Waals surface area (Å²) in [6, 6.07) is 6.28. The second-order valence-corrected chi connectivity index (χ2v) is 4.72. The van der Waals surface area contributed by atoms with E-state index in [2.05, 4.69) is 26.0 Å².